The fourth-order valence-electron chi connectivity index (χ4n) is 3.99. The van der Waals surface area contributed by atoms with Gasteiger partial charge in [-0.05, 0) is 57.8 Å². The van der Waals surface area contributed by atoms with Crippen LogP contribution in [0.15, 0.2) is 0 Å². The highest BCUT2D eigenvalue weighted by atomic mass is 16.5. The van der Waals surface area contributed by atoms with Gasteiger partial charge in [0.1, 0.15) is 5.54 Å². The van der Waals surface area contributed by atoms with E-state index in [0.717, 1.165) is 12.8 Å². The molecule has 0 radical (unpaired) electrons. The molecule has 3 nitrogen and oxygen atoms in total. The SMILES string of the molecule is COC(=O)C1(NC(C)C)CCC2(CCCC2)CC1. The summed E-state index contributed by atoms with van der Waals surface area (Å²) in [5, 5.41) is 3.48. The van der Waals surface area contributed by atoms with Gasteiger partial charge in [0.25, 0.3) is 0 Å². The Bertz CT molecular complexity index is 296. The van der Waals surface area contributed by atoms with Gasteiger partial charge in [-0.25, -0.2) is 0 Å². The molecule has 18 heavy (non-hydrogen) atoms. The normalized spacial score (nSPS) is 25.6. The molecule has 104 valence electrons. The van der Waals surface area contributed by atoms with Gasteiger partial charge in [-0.1, -0.05) is 12.8 Å². The van der Waals surface area contributed by atoms with Crippen LogP contribution in [0.1, 0.15) is 65.2 Å². The summed E-state index contributed by atoms with van der Waals surface area (Å²) in [6, 6.07) is 0.321. The van der Waals surface area contributed by atoms with Crippen molar-refractivity contribution >= 4 is 5.97 Å². The van der Waals surface area contributed by atoms with E-state index in [2.05, 4.69) is 19.2 Å². The standard InChI is InChI=1S/C15H27NO2/c1-12(2)16-15(13(17)18-3)10-8-14(9-11-15)6-4-5-7-14/h12,16H,4-11H2,1-3H3. The molecular weight excluding hydrogens is 226 g/mol. The molecule has 0 aliphatic heterocycles. The molecule has 0 unspecified atom stereocenters. The van der Waals surface area contributed by atoms with Crippen LogP contribution >= 0.6 is 0 Å². The van der Waals surface area contributed by atoms with Crippen LogP contribution in [-0.2, 0) is 9.53 Å². The Balaban J connectivity index is 2.07. The smallest absolute Gasteiger partial charge is 0.326 e. The Hall–Kier alpha value is -0.570. The molecule has 0 bridgehead atoms. The van der Waals surface area contributed by atoms with E-state index in [1.54, 1.807) is 0 Å². The summed E-state index contributed by atoms with van der Waals surface area (Å²) >= 11 is 0. The first-order valence-electron chi connectivity index (χ1n) is 7.38. The molecule has 2 aliphatic rings. The predicted octanol–water partition coefficient (Wildman–Crippen LogP) is 3.03. The van der Waals surface area contributed by atoms with Crippen molar-refractivity contribution < 1.29 is 9.53 Å². The van der Waals surface area contributed by atoms with Crippen LogP contribution in [0, 0.1) is 5.41 Å². The van der Waals surface area contributed by atoms with Crippen LogP contribution in [-0.4, -0.2) is 24.7 Å². The second-order valence-corrected chi connectivity index (χ2v) is 6.58. The van der Waals surface area contributed by atoms with Gasteiger partial charge < -0.3 is 4.74 Å². The van der Waals surface area contributed by atoms with Crippen LogP contribution in [0.25, 0.3) is 0 Å². The van der Waals surface area contributed by atoms with E-state index in [9.17, 15) is 4.79 Å². The number of esters is 1. The van der Waals surface area contributed by atoms with E-state index >= 15 is 0 Å². The van der Waals surface area contributed by atoms with Crippen LogP contribution in [0.4, 0.5) is 0 Å². The fraction of sp³-hybridized carbons (Fsp3) is 0.933. The molecule has 2 saturated carbocycles. The minimum absolute atomic E-state index is 0.0657. The third-order valence-corrected chi connectivity index (χ3v) is 4.97. The van der Waals surface area contributed by atoms with Crippen molar-refractivity contribution in [1.29, 1.82) is 0 Å². The van der Waals surface area contributed by atoms with Crippen molar-refractivity contribution in [2.45, 2.75) is 76.8 Å². The highest BCUT2D eigenvalue weighted by Gasteiger charge is 2.48. The molecule has 0 aromatic carbocycles. The molecule has 2 fully saturated rings. The molecule has 0 aromatic rings. The van der Waals surface area contributed by atoms with E-state index in [4.69, 9.17) is 4.74 Å². The average Bonchev–Trinajstić information content (AvgIpc) is 2.80. The topological polar surface area (TPSA) is 38.3 Å². The first-order valence-corrected chi connectivity index (χ1v) is 7.38. The van der Waals surface area contributed by atoms with Crippen LogP contribution in [0.2, 0.25) is 0 Å². The lowest BCUT2D eigenvalue weighted by atomic mass is 9.66. The zero-order valence-electron chi connectivity index (χ0n) is 12.1. The van der Waals surface area contributed by atoms with Crippen molar-refractivity contribution in [2.24, 2.45) is 5.41 Å². The molecule has 0 amide bonds. The van der Waals surface area contributed by atoms with Crippen molar-refractivity contribution in [2.75, 3.05) is 7.11 Å². The number of methoxy groups -OCH3 is 1. The number of nitrogens with one attached hydrogen (secondary N) is 1. The molecule has 0 saturated heterocycles. The predicted molar refractivity (Wildman–Crippen MR) is 72.4 cm³/mol. The summed E-state index contributed by atoms with van der Waals surface area (Å²) in [5.41, 5.74) is 0.132. The third-order valence-electron chi connectivity index (χ3n) is 4.97. The molecule has 3 heteroatoms. The van der Waals surface area contributed by atoms with Gasteiger partial charge in [-0.2, -0.15) is 0 Å². The van der Waals surface area contributed by atoms with Crippen LogP contribution in [0.3, 0.4) is 0 Å². The van der Waals surface area contributed by atoms with Gasteiger partial charge in [0.2, 0.25) is 0 Å². The lowest BCUT2D eigenvalue weighted by Crippen LogP contribution is -2.58. The minimum Gasteiger partial charge on any atom is -0.468 e. The molecular formula is C15H27NO2. The van der Waals surface area contributed by atoms with Crippen LogP contribution in [0.5, 0.6) is 0 Å². The largest absolute Gasteiger partial charge is 0.468 e. The van der Waals surface area contributed by atoms with Gasteiger partial charge in [0.05, 0.1) is 7.11 Å². The highest BCUT2D eigenvalue weighted by Crippen LogP contribution is 2.51. The number of carbonyl (C=O) groups is 1. The Morgan fingerprint density at radius 1 is 1.06 bits per heavy atom. The molecule has 1 spiro atoms. The molecule has 1 N–H and O–H groups in total. The second kappa shape index (κ2) is 5.20. The monoisotopic (exact) mass is 253 g/mol. The maximum atomic E-state index is 12.1. The zero-order chi connectivity index (χ0) is 13.2. The van der Waals surface area contributed by atoms with Crippen molar-refractivity contribution in [3.8, 4) is 0 Å². The fourth-order valence-corrected chi connectivity index (χ4v) is 3.99. The van der Waals surface area contributed by atoms with Gasteiger partial charge in [-0.15, -0.1) is 0 Å². The molecule has 0 atom stereocenters. The number of hydrogen-bond acceptors (Lipinski definition) is 3. The van der Waals surface area contributed by atoms with E-state index < -0.39 is 5.54 Å². The Kier molecular flexibility index (Phi) is 4.00. The molecule has 0 aromatic heterocycles. The second-order valence-electron chi connectivity index (χ2n) is 6.58. The van der Waals surface area contributed by atoms with E-state index in [-0.39, 0.29) is 5.97 Å². The maximum Gasteiger partial charge on any atom is 0.326 e. The zero-order valence-corrected chi connectivity index (χ0v) is 12.1. The summed E-state index contributed by atoms with van der Waals surface area (Å²) in [5.74, 6) is -0.0657. The first-order chi connectivity index (χ1) is 8.52. The number of ether oxygens (including phenoxy) is 1. The quantitative estimate of drug-likeness (QED) is 0.786. The first kappa shape index (κ1) is 13.9. The minimum atomic E-state index is -0.420. The van der Waals surface area contributed by atoms with Crippen LogP contribution < -0.4 is 5.32 Å². The van der Waals surface area contributed by atoms with Crippen molar-refractivity contribution in [3.63, 3.8) is 0 Å². The molecule has 0 heterocycles. The molecule has 2 aliphatic carbocycles. The van der Waals surface area contributed by atoms with E-state index in [1.807, 2.05) is 0 Å². The number of rotatable bonds is 3. The van der Waals surface area contributed by atoms with Crippen molar-refractivity contribution in [1.82, 2.24) is 5.32 Å². The summed E-state index contributed by atoms with van der Waals surface area (Å²) in [7, 11) is 1.51. The molecule has 2 rings (SSSR count). The Labute approximate surface area is 111 Å². The number of carbonyl (C=O) groups excluding carboxylic acids is 1. The summed E-state index contributed by atoms with van der Waals surface area (Å²) in [4.78, 5) is 12.1. The maximum absolute atomic E-state index is 12.1. The highest BCUT2D eigenvalue weighted by molar-refractivity contribution is 5.81. The van der Waals surface area contributed by atoms with Gasteiger partial charge >= 0.3 is 5.97 Å². The Morgan fingerprint density at radius 3 is 2.06 bits per heavy atom. The lowest BCUT2D eigenvalue weighted by Gasteiger charge is -2.44. The summed E-state index contributed by atoms with van der Waals surface area (Å²) < 4.78 is 5.04. The van der Waals surface area contributed by atoms with Gasteiger partial charge in [-0.3, -0.25) is 10.1 Å². The Morgan fingerprint density at radius 2 is 1.61 bits per heavy atom. The van der Waals surface area contributed by atoms with Crippen molar-refractivity contribution in [3.05, 3.63) is 0 Å². The average molecular weight is 253 g/mol. The van der Waals surface area contributed by atoms with Gasteiger partial charge in [0.15, 0.2) is 0 Å². The summed E-state index contributed by atoms with van der Waals surface area (Å²) in [6.07, 6.45) is 9.74. The third kappa shape index (κ3) is 2.56. The lowest BCUT2D eigenvalue weighted by molar-refractivity contribution is -0.151. The van der Waals surface area contributed by atoms with Gasteiger partial charge in [0, 0.05) is 6.04 Å². The summed E-state index contributed by atoms with van der Waals surface area (Å²) in [6.45, 7) is 4.20. The van der Waals surface area contributed by atoms with E-state index in [1.165, 1.54) is 45.6 Å². The number of hydrogen-bond donors (Lipinski definition) is 1. The van der Waals surface area contributed by atoms with E-state index in [0.29, 0.717) is 11.5 Å².